The second kappa shape index (κ2) is 14.3. The van der Waals surface area contributed by atoms with Crippen LogP contribution >= 0.6 is 0 Å². The molecule has 0 amide bonds. The van der Waals surface area contributed by atoms with E-state index in [0.717, 1.165) is 56.5 Å². The summed E-state index contributed by atoms with van der Waals surface area (Å²) in [5.41, 5.74) is 2.59. The van der Waals surface area contributed by atoms with Crippen LogP contribution in [0.4, 0.5) is 13.2 Å². The van der Waals surface area contributed by atoms with Crippen LogP contribution in [0.1, 0.15) is 66.1 Å². The number of aryl methyl sites for hydroxylation is 3. The summed E-state index contributed by atoms with van der Waals surface area (Å²) in [7, 11) is 0. The second-order valence-electron chi connectivity index (χ2n) is 9.59. The van der Waals surface area contributed by atoms with Crippen LogP contribution in [-0.4, -0.2) is 31.1 Å². The molecule has 41 heavy (non-hydrogen) atoms. The van der Waals surface area contributed by atoms with E-state index in [1.54, 1.807) is 12.2 Å². The SMILES string of the molecule is O=C(O)CCCCc1cn(CCCCc2ccc(OCc3coc(/C=C/c4ccc(C(F)(F)F)cc4)n3)cc2)nn1. The molecule has 4 aromatic rings. The van der Waals surface area contributed by atoms with E-state index in [1.165, 1.54) is 24.0 Å². The number of oxazole rings is 1. The first-order valence-electron chi connectivity index (χ1n) is 13.4. The number of halogens is 3. The van der Waals surface area contributed by atoms with Crippen LogP contribution in [0.3, 0.4) is 0 Å². The lowest BCUT2D eigenvalue weighted by Crippen LogP contribution is -2.03. The number of hydrogen-bond acceptors (Lipinski definition) is 6. The lowest BCUT2D eigenvalue weighted by atomic mass is 10.1. The van der Waals surface area contributed by atoms with E-state index in [0.29, 0.717) is 29.3 Å². The van der Waals surface area contributed by atoms with Gasteiger partial charge < -0.3 is 14.3 Å². The number of rotatable bonds is 15. The first-order chi connectivity index (χ1) is 19.7. The van der Waals surface area contributed by atoms with E-state index in [1.807, 2.05) is 35.1 Å². The standard InChI is InChI=1S/C30H31F3N4O4/c31-30(32,33)24-13-8-23(9-14-24)12-17-28-34-26(21-41-28)20-40-27-15-10-22(11-16-27)5-3-4-18-37-19-25(35-36-37)6-1-2-7-29(38)39/h8-17,19,21H,1-7,18,20H2,(H,38,39)/b17-12+. The summed E-state index contributed by atoms with van der Waals surface area (Å²) in [6.07, 6.45) is 7.51. The molecule has 2 aromatic heterocycles. The fourth-order valence-electron chi connectivity index (χ4n) is 4.07. The molecule has 0 saturated carbocycles. The number of nitrogens with zero attached hydrogens (tertiary/aromatic N) is 4. The Bertz CT molecular complexity index is 1410. The van der Waals surface area contributed by atoms with Gasteiger partial charge in [-0.05, 0) is 80.0 Å². The molecule has 0 atom stereocenters. The van der Waals surface area contributed by atoms with E-state index >= 15 is 0 Å². The van der Waals surface area contributed by atoms with Gasteiger partial charge in [0.2, 0.25) is 5.89 Å². The van der Waals surface area contributed by atoms with Crippen LogP contribution < -0.4 is 4.74 Å². The summed E-state index contributed by atoms with van der Waals surface area (Å²) in [6, 6.07) is 12.7. The Hall–Kier alpha value is -4.41. The number of aliphatic carboxylic acids is 1. The molecule has 0 saturated heterocycles. The minimum absolute atomic E-state index is 0.181. The molecular weight excluding hydrogens is 537 g/mol. The number of ether oxygens (including phenoxy) is 1. The number of alkyl halides is 3. The summed E-state index contributed by atoms with van der Waals surface area (Å²) in [4.78, 5) is 14.9. The minimum Gasteiger partial charge on any atom is -0.487 e. The summed E-state index contributed by atoms with van der Waals surface area (Å²) in [6.45, 7) is 0.999. The van der Waals surface area contributed by atoms with E-state index in [-0.39, 0.29) is 13.0 Å². The zero-order valence-corrected chi connectivity index (χ0v) is 22.4. The maximum atomic E-state index is 12.7. The molecule has 0 aliphatic carbocycles. The van der Waals surface area contributed by atoms with Crippen molar-refractivity contribution in [1.29, 1.82) is 0 Å². The van der Waals surface area contributed by atoms with Crippen LogP contribution in [0.5, 0.6) is 5.75 Å². The number of unbranched alkanes of at least 4 members (excludes halogenated alkanes) is 2. The first-order valence-corrected chi connectivity index (χ1v) is 13.4. The third-order valence-electron chi connectivity index (χ3n) is 6.30. The van der Waals surface area contributed by atoms with Crippen molar-refractivity contribution in [1.82, 2.24) is 20.0 Å². The topological polar surface area (TPSA) is 103 Å². The molecule has 11 heteroatoms. The summed E-state index contributed by atoms with van der Waals surface area (Å²) >= 11 is 0. The Balaban J connectivity index is 1.14. The third-order valence-corrected chi connectivity index (χ3v) is 6.30. The largest absolute Gasteiger partial charge is 0.487 e. The van der Waals surface area contributed by atoms with Gasteiger partial charge in [-0.2, -0.15) is 13.2 Å². The van der Waals surface area contributed by atoms with Gasteiger partial charge >= 0.3 is 12.1 Å². The summed E-state index contributed by atoms with van der Waals surface area (Å²) in [5.74, 6) is 0.263. The fraction of sp³-hybridized carbons (Fsp3) is 0.333. The van der Waals surface area contributed by atoms with Gasteiger partial charge in [-0.1, -0.05) is 29.5 Å². The van der Waals surface area contributed by atoms with Gasteiger partial charge in [0, 0.05) is 25.2 Å². The molecule has 0 bridgehead atoms. The second-order valence-corrected chi connectivity index (χ2v) is 9.59. The fourth-order valence-corrected chi connectivity index (χ4v) is 4.07. The molecular formula is C30H31F3N4O4. The monoisotopic (exact) mass is 568 g/mol. The van der Waals surface area contributed by atoms with Crippen molar-refractivity contribution in [2.24, 2.45) is 0 Å². The Morgan fingerprint density at radius 2 is 1.71 bits per heavy atom. The molecule has 2 heterocycles. The minimum atomic E-state index is -4.36. The first kappa shape index (κ1) is 29.6. The zero-order chi connectivity index (χ0) is 29.1. The maximum absolute atomic E-state index is 12.7. The number of carboxylic acid groups (broad SMARTS) is 1. The third kappa shape index (κ3) is 9.93. The van der Waals surface area contributed by atoms with Crippen molar-refractivity contribution in [3.63, 3.8) is 0 Å². The molecule has 0 radical (unpaired) electrons. The maximum Gasteiger partial charge on any atom is 0.416 e. The van der Waals surface area contributed by atoms with E-state index in [2.05, 4.69) is 15.3 Å². The van der Waals surface area contributed by atoms with Crippen LogP contribution in [0.25, 0.3) is 12.2 Å². The Labute approximate surface area is 235 Å². The van der Waals surface area contributed by atoms with Gasteiger partial charge in [0.1, 0.15) is 24.3 Å². The molecule has 0 aliphatic rings. The number of carbonyl (C=O) groups is 1. The highest BCUT2D eigenvalue weighted by atomic mass is 19.4. The van der Waals surface area contributed by atoms with Gasteiger partial charge in [-0.25, -0.2) is 4.98 Å². The van der Waals surface area contributed by atoms with E-state index in [9.17, 15) is 18.0 Å². The lowest BCUT2D eigenvalue weighted by molar-refractivity contribution is -0.138. The number of hydrogen-bond donors (Lipinski definition) is 1. The molecule has 0 spiro atoms. The van der Waals surface area contributed by atoms with Crippen LogP contribution in [-0.2, 0) is 37.0 Å². The summed E-state index contributed by atoms with van der Waals surface area (Å²) in [5, 5.41) is 17.0. The Morgan fingerprint density at radius 1 is 0.951 bits per heavy atom. The molecule has 1 N–H and O–H groups in total. The molecule has 4 rings (SSSR count). The van der Waals surface area contributed by atoms with E-state index < -0.39 is 17.7 Å². The molecule has 0 fully saturated rings. The quantitative estimate of drug-likeness (QED) is 0.156. The van der Waals surface area contributed by atoms with Crippen molar-refractivity contribution in [2.75, 3.05) is 0 Å². The zero-order valence-electron chi connectivity index (χ0n) is 22.4. The van der Waals surface area contributed by atoms with E-state index in [4.69, 9.17) is 14.3 Å². The Morgan fingerprint density at radius 3 is 2.44 bits per heavy atom. The number of benzene rings is 2. The summed E-state index contributed by atoms with van der Waals surface area (Å²) < 4.78 is 51.1. The smallest absolute Gasteiger partial charge is 0.416 e. The highest BCUT2D eigenvalue weighted by molar-refractivity contribution is 5.66. The van der Waals surface area contributed by atoms with Crippen molar-refractivity contribution < 1.29 is 32.2 Å². The highest BCUT2D eigenvalue weighted by Gasteiger charge is 2.29. The van der Waals surface area contributed by atoms with Gasteiger partial charge in [0.05, 0.1) is 11.3 Å². The average Bonchev–Trinajstić information content (AvgIpc) is 3.61. The van der Waals surface area contributed by atoms with Gasteiger partial charge in [-0.3, -0.25) is 9.48 Å². The van der Waals surface area contributed by atoms with Crippen molar-refractivity contribution in [3.8, 4) is 5.75 Å². The molecule has 0 unspecified atom stereocenters. The van der Waals surface area contributed by atoms with Crippen molar-refractivity contribution in [3.05, 3.63) is 95.0 Å². The van der Waals surface area contributed by atoms with Gasteiger partial charge in [0.25, 0.3) is 0 Å². The van der Waals surface area contributed by atoms with Crippen LogP contribution in [0, 0.1) is 0 Å². The van der Waals surface area contributed by atoms with Gasteiger partial charge in [0.15, 0.2) is 0 Å². The predicted octanol–water partition coefficient (Wildman–Crippen LogP) is 6.85. The molecule has 0 aliphatic heterocycles. The van der Waals surface area contributed by atoms with Crippen molar-refractivity contribution in [2.45, 2.75) is 64.3 Å². The number of carboxylic acids is 1. The van der Waals surface area contributed by atoms with Crippen LogP contribution in [0.2, 0.25) is 0 Å². The van der Waals surface area contributed by atoms with Crippen LogP contribution in [0.15, 0.2) is 65.4 Å². The molecule has 8 nitrogen and oxygen atoms in total. The number of aromatic nitrogens is 4. The highest BCUT2D eigenvalue weighted by Crippen LogP contribution is 2.29. The molecule has 2 aromatic carbocycles. The predicted molar refractivity (Wildman–Crippen MR) is 146 cm³/mol. The van der Waals surface area contributed by atoms with Gasteiger partial charge in [-0.15, -0.1) is 5.10 Å². The lowest BCUT2D eigenvalue weighted by Gasteiger charge is -2.06. The average molecular weight is 569 g/mol. The Kier molecular flexibility index (Phi) is 10.3. The van der Waals surface area contributed by atoms with Crippen molar-refractivity contribution >= 4 is 18.1 Å². The normalized spacial score (nSPS) is 11.8. The molecule has 216 valence electrons.